The number of benzene rings is 1. The molecule has 3 aliphatic rings. The molecular weight excluding hydrogens is 532 g/mol. The zero-order chi connectivity index (χ0) is 25.1. The van der Waals surface area contributed by atoms with Gasteiger partial charge in [0.15, 0.2) is 6.29 Å². The summed E-state index contributed by atoms with van der Waals surface area (Å²) in [5.74, 6) is -0.812. The molecule has 35 heavy (non-hydrogen) atoms. The molecule has 2 fully saturated rings. The van der Waals surface area contributed by atoms with E-state index in [-0.39, 0.29) is 29.3 Å². The maximum Gasteiger partial charge on any atom is 0.433 e. The van der Waals surface area contributed by atoms with Crippen molar-refractivity contribution >= 4 is 39.6 Å². The molecule has 1 saturated carbocycles. The van der Waals surface area contributed by atoms with Crippen LogP contribution in [0.4, 0.5) is 23.2 Å². The van der Waals surface area contributed by atoms with Crippen LogP contribution in [0.2, 0.25) is 0 Å². The third-order valence-electron chi connectivity index (χ3n) is 6.85. The van der Waals surface area contributed by atoms with Gasteiger partial charge in [0.1, 0.15) is 22.9 Å². The molecule has 3 heterocycles. The van der Waals surface area contributed by atoms with Crippen molar-refractivity contribution < 1.29 is 27.2 Å². The average Bonchev–Trinajstić information content (AvgIpc) is 3.58. The van der Waals surface area contributed by atoms with E-state index in [1.54, 1.807) is 6.07 Å². The second-order valence-electron chi connectivity index (χ2n) is 9.28. The third kappa shape index (κ3) is 4.23. The van der Waals surface area contributed by atoms with Crippen LogP contribution in [0, 0.1) is 5.82 Å². The SMILES string of the molecule is C[C@H]1C[C@@]2(CCN1c1cc(Br)cc(F)c1C=O)N=C(c1ccc(C(F)(F)F)nc1C1CC1)NC2=O. The number of alkyl halides is 3. The lowest BCUT2D eigenvalue weighted by atomic mass is 9.83. The zero-order valence-electron chi connectivity index (χ0n) is 18.6. The highest BCUT2D eigenvalue weighted by molar-refractivity contribution is 9.10. The van der Waals surface area contributed by atoms with Gasteiger partial charge in [-0.05, 0) is 50.5 Å². The Labute approximate surface area is 206 Å². The molecule has 2 atom stereocenters. The lowest BCUT2D eigenvalue weighted by molar-refractivity contribution is -0.141. The summed E-state index contributed by atoms with van der Waals surface area (Å²) in [5.41, 5.74) is -0.960. The number of piperidine rings is 1. The van der Waals surface area contributed by atoms with Crippen LogP contribution in [0.3, 0.4) is 0 Å². The largest absolute Gasteiger partial charge is 0.433 e. The van der Waals surface area contributed by atoms with Gasteiger partial charge < -0.3 is 10.2 Å². The molecule has 1 aromatic carbocycles. The Kier molecular flexibility index (Phi) is 5.73. The van der Waals surface area contributed by atoms with Crippen LogP contribution in [0.25, 0.3) is 0 Å². The minimum atomic E-state index is -4.56. The number of amidine groups is 1. The lowest BCUT2D eigenvalue weighted by Gasteiger charge is -2.42. The van der Waals surface area contributed by atoms with E-state index in [1.165, 1.54) is 12.1 Å². The Bertz CT molecular complexity index is 1260. The smallest absolute Gasteiger partial charge is 0.368 e. The number of aldehydes is 1. The summed E-state index contributed by atoms with van der Waals surface area (Å²) in [6, 6.07) is 4.87. The second kappa shape index (κ2) is 8.39. The van der Waals surface area contributed by atoms with Crippen molar-refractivity contribution in [3.05, 3.63) is 57.1 Å². The van der Waals surface area contributed by atoms with E-state index in [0.717, 1.165) is 18.9 Å². The Morgan fingerprint density at radius 3 is 2.63 bits per heavy atom. The number of hydrogen-bond acceptors (Lipinski definition) is 5. The van der Waals surface area contributed by atoms with Gasteiger partial charge in [-0.2, -0.15) is 13.2 Å². The van der Waals surface area contributed by atoms with E-state index >= 15 is 0 Å². The van der Waals surface area contributed by atoms with E-state index in [1.807, 2.05) is 11.8 Å². The molecule has 5 rings (SSSR count). The molecule has 1 N–H and O–H groups in total. The highest BCUT2D eigenvalue weighted by Crippen LogP contribution is 2.43. The van der Waals surface area contributed by atoms with Gasteiger partial charge >= 0.3 is 6.18 Å². The number of anilines is 1. The maximum atomic E-state index is 14.3. The maximum absolute atomic E-state index is 14.3. The second-order valence-corrected chi connectivity index (χ2v) is 10.2. The van der Waals surface area contributed by atoms with Crippen molar-refractivity contribution in [2.45, 2.75) is 56.3 Å². The van der Waals surface area contributed by atoms with Crippen molar-refractivity contribution in [1.29, 1.82) is 0 Å². The first kappa shape index (κ1) is 23.9. The minimum absolute atomic E-state index is 0.0547. The number of hydrogen-bond donors (Lipinski definition) is 1. The van der Waals surface area contributed by atoms with Crippen molar-refractivity contribution in [3.8, 4) is 0 Å². The van der Waals surface area contributed by atoms with E-state index in [2.05, 4.69) is 26.2 Å². The molecule has 1 saturated heterocycles. The standard InChI is InChI=1S/C24H21BrF4N4O2/c1-12-10-23(6-7-33(12)18-9-14(25)8-17(26)16(18)11-34)22(35)31-21(32-23)15-4-5-19(24(27,28)29)30-20(15)13-2-3-13/h4-5,8-9,11-13H,2-3,6-7,10H2,1H3,(H,31,32,35)/t12-,23+/m0/s1. The predicted octanol–water partition coefficient (Wildman–Crippen LogP) is 5.00. The summed E-state index contributed by atoms with van der Waals surface area (Å²) >= 11 is 3.26. The Hall–Kier alpha value is -2.82. The van der Waals surface area contributed by atoms with E-state index in [0.29, 0.717) is 47.1 Å². The molecular formula is C24H21BrF4N4O2. The quantitative estimate of drug-likeness (QED) is 0.428. The number of carbonyl (C=O) groups is 2. The first-order chi connectivity index (χ1) is 16.5. The molecule has 0 radical (unpaired) electrons. The molecule has 6 nitrogen and oxygen atoms in total. The highest BCUT2D eigenvalue weighted by atomic mass is 79.9. The fourth-order valence-corrected chi connectivity index (χ4v) is 5.38. The van der Waals surface area contributed by atoms with E-state index in [4.69, 9.17) is 4.99 Å². The monoisotopic (exact) mass is 552 g/mol. The van der Waals surface area contributed by atoms with Gasteiger partial charge in [0.05, 0.1) is 16.9 Å². The summed E-state index contributed by atoms with van der Waals surface area (Å²) < 4.78 is 54.5. The van der Waals surface area contributed by atoms with Crippen molar-refractivity contribution in [2.75, 3.05) is 11.4 Å². The van der Waals surface area contributed by atoms with Gasteiger partial charge in [-0.3, -0.25) is 14.6 Å². The third-order valence-corrected chi connectivity index (χ3v) is 7.30. The summed E-state index contributed by atoms with van der Waals surface area (Å²) in [6.07, 6.45) is -2.01. The van der Waals surface area contributed by atoms with Crippen LogP contribution in [-0.4, -0.2) is 41.1 Å². The molecule has 0 bridgehead atoms. The van der Waals surface area contributed by atoms with Gasteiger partial charge in [-0.25, -0.2) is 9.37 Å². The normalized spacial score (nSPS) is 24.5. The minimum Gasteiger partial charge on any atom is -0.368 e. The number of pyridine rings is 1. The Balaban J connectivity index is 1.46. The molecule has 1 aliphatic carbocycles. The number of nitrogens with zero attached hydrogens (tertiary/aromatic N) is 3. The van der Waals surface area contributed by atoms with Crippen molar-refractivity contribution in [3.63, 3.8) is 0 Å². The summed E-state index contributed by atoms with van der Waals surface area (Å²) in [6.45, 7) is 2.20. The number of halogens is 5. The van der Waals surface area contributed by atoms with Gasteiger partial charge in [-0.1, -0.05) is 15.9 Å². The lowest BCUT2D eigenvalue weighted by Crippen LogP contribution is -2.53. The fraction of sp³-hybridized carbons (Fsp3) is 0.417. The van der Waals surface area contributed by atoms with Crippen LogP contribution >= 0.6 is 15.9 Å². The molecule has 11 heteroatoms. The van der Waals surface area contributed by atoms with Crippen LogP contribution in [0.1, 0.15) is 65.8 Å². The van der Waals surface area contributed by atoms with Gasteiger partial charge in [-0.15, -0.1) is 0 Å². The molecule has 2 aliphatic heterocycles. The first-order valence-corrected chi connectivity index (χ1v) is 12.0. The average molecular weight is 553 g/mol. The molecule has 184 valence electrons. The number of aliphatic imine (C=N–C) groups is 1. The number of aromatic nitrogens is 1. The van der Waals surface area contributed by atoms with Crippen LogP contribution < -0.4 is 10.2 Å². The highest BCUT2D eigenvalue weighted by Gasteiger charge is 2.49. The van der Waals surface area contributed by atoms with Gasteiger partial charge in [0, 0.05) is 35.0 Å². The summed E-state index contributed by atoms with van der Waals surface area (Å²) in [5, 5.41) is 2.78. The predicted molar refractivity (Wildman–Crippen MR) is 124 cm³/mol. The van der Waals surface area contributed by atoms with Crippen molar-refractivity contribution in [1.82, 2.24) is 10.3 Å². The Morgan fingerprint density at radius 1 is 1.26 bits per heavy atom. The fourth-order valence-electron chi connectivity index (χ4n) is 4.96. The Morgan fingerprint density at radius 2 is 2.00 bits per heavy atom. The number of nitrogens with one attached hydrogen (secondary N) is 1. The van der Waals surface area contributed by atoms with Crippen LogP contribution in [-0.2, 0) is 11.0 Å². The van der Waals surface area contributed by atoms with Crippen molar-refractivity contribution in [2.24, 2.45) is 4.99 Å². The first-order valence-electron chi connectivity index (χ1n) is 11.2. The molecule has 1 spiro atoms. The molecule has 1 aromatic heterocycles. The number of carbonyl (C=O) groups excluding carboxylic acids is 2. The number of amides is 1. The van der Waals surface area contributed by atoms with Gasteiger partial charge in [0.25, 0.3) is 5.91 Å². The van der Waals surface area contributed by atoms with Gasteiger partial charge in [0.2, 0.25) is 0 Å². The topological polar surface area (TPSA) is 74.7 Å². The summed E-state index contributed by atoms with van der Waals surface area (Å²) in [7, 11) is 0. The molecule has 2 aromatic rings. The molecule has 1 amide bonds. The van der Waals surface area contributed by atoms with Crippen LogP contribution in [0.15, 0.2) is 33.7 Å². The van der Waals surface area contributed by atoms with E-state index < -0.39 is 23.2 Å². The van der Waals surface area contributed by atoms with Crippen LogP contribution in [0.5, 0.6) is 0 Å². The molecule has 0 unspecified atom stereocenters. The number of rotatable bonds is 4. The zero-order valence-corrected chi connectivity index (χ0v) is 20.2. The summed E-state index contributed by atoms with van der Waals surface area (Å²) in [4.78, 5) is 35.1. The van der Waals surface area contributed by atoms with E-state index in [9.17, 15) is 27.2 Å².